The molecule has 0 aliphatic carbocycles. The van der Waals surface area contributed by atoms with E-state index in [1.54, 1.807) is 12.1 Å². The van der Waals surface area contributed by atoms with E-state index >= 15 is 0 Å². The molecule has 6 nitrogen and oxygen atoms in total. The van der Waals surface area contributed by atoms with Gasteiger partial charge < -0.3 is 15.1 Å². The van der Waals surface area contributed by atoms with Crippen LogP contribution in [-0.4, -0.2) is 36.3 Å². The van der Waals surface area contributed by atoms with Crippen LogP contribution in [0, 0.1) is 0 Å². The third kappa shape index (κ3) is 7.27. The molecule has 2 amide bonds. The number of hydrogen-bond acceptors (Lipinski definition) is 4. The van der Waals surface area contributed by atoms with Gasteiger partial charge in [0.2, 0.25) is 5.91 Å². The maximum absolute atomic E-state index is 11.9. The van der Waals surface area contributed by atoms with Gasteiger partial charge in [0.05, 0.1) is 6.26 Å². The number of hydrogen-bond donors (Lipinski definition) is 2. The van der Waals surface area contributed by atoms with Crippen LogP contribution in [0.2, 0.25) is 0 Å². The quantitative estimate of drug-likeness (QED) is 0.596. The molecule has 0 bridgehead atoms. The summed E-state index contributed by atoms with van der Waals surface area (Å²) in [5.41, 5.74) is 2.36. The number of benzene rings is 1. The van der Waals surface area contributed by atoms with E-state index in [4.69, 9.17) is 4.42 Å². The molecule has 0 aliphatic rings. The Hall–Kier alpha value is -2.60. The third-order valence-corrected chi connectivity index (χ3v) is 4.42. The van der Waals surface area contributed by atoms with Gasteiger partial charge in [-0.05, 0) is 42.8 Å². The summed E-state index contributed by atoms with van der Waals surface area (Å²) in [6, 6.07) is 11.6. The van der Waals surface area contributed by atoms with Crippen molar-refractivity contribution < 1.29 is 14.0 Å². The molecular weight excluding hydrogens is 342 g/mol. The monoisotopic (exact) mass is 371 g/mol. The van der Waals surface area contributed by atoms with Crippen molar-refractivity contribution in [1.29, 1.82) is 0 Å². The minimum atomic E-state index is -0.259. The Bertz CT molecular complexity index is 692. The number of furan rings is 1. The Morgan fingerprint density at radius 2 is 1.70 bits per heavy atom. The standard InChI is InChI=1S/C21H29N3O3/c1-3-24(4-2)16-18-11-9-17(10-12-18)15-23-20(25)8-5-13-22-21(26)19-7-6-14-27-19/h6-7,9-12,14H,3-5,8,13,15-16H2,1-2H3,(H,22,26)(H,23,25). The van der Waals surface area contributed by atoms with Crippen molar-refractivity contribution in [2.75, 3.05) is 19.6 Å². The fourth-order valence-electron chi connectivity index (χ4n) is 2.70. The average Bonchev–Trinajstić information content (AvgIpc) is 3.23. The summed E-state index contributed by atoms with van der Waals surface area (Å²) >= 11 is 0. The van der Waals surface area contributed by atoms with Crippen molar-refractivity contribution >= 4 is 11.8 Å². The first-order valence-corrected chi connectivity index (χ1v) is 9.51. The molecule has 146 valence electrons. The second-order valence-electron chi connectivity index (χ2n) is 6.39. The number of nitrogens with one attached hydrogen (secondary N) is 2. The van der Waals surface area contributed by atoms with Crippen LogP contribution in [0.4, 0.5) is 0 Å². The van der Waals surface area contributed by atoms with Gasteiger partial charge in [0, 0.05) is 26.1 Å². The highest BCUT2D eigenvalue weighted by Crippen LogP contribution is 2.08. The lowest BCUT2D eigenvalue weighted by Crippen LogP contribution is -2.27. The number of rotatable bonds is 11. The number of carbonyl (C=O) groups is 2. The van der Waals surface area contributed by atoms with Crippen molar-refractivity contribution in [3.05, 3.63) is 59.5 Å². The molecule has 1 aromatic heterocycles. The van der Waals surface area contributed by atoms with E-state index in [1.807, 2.05) is 0 Å². The third-order valence-electron chi connectivity index (χ3n) is 4.42. The number of carbonyl (C=O) groups excluding carboxylic acids is 2. The summed E-state index contributed by atoms with van der Waals surface area (Å²) in [7, 11) is 0. The molecule has 0 atom stereocenters. The zero-order valence-electron chi connectivity index (χ0n) is 16.2. The van der Waals surface area contributed by atoms with Crippen LogP contribution in [0.25, 0.3) is 0 Å². The van der Waals surface area contributed by atoms with Crippen LogP contribution in [0.15, 0.2) is 47.1 Å². The lowest BCUT2D eigenvalue weighted by atomic mass is 10.1. The van der Waals surface area contributed by atoms with Crippen molar-refractivity contribution in [3.63, 3.8) is 0 Å². The average molecular weight is 371 g/mol. The molecule has 0 saturated heterocycles. The SMILES string of the molecule is CCN(CC)Cc1ccc(CNC(=O)CCCNC(=O)c2ccco2)cc1. The van der Waals surface area contributed by atoms with Crippen LogP contribution < -0.4 is 10.6 Å². The zero-order chi connectivity index (χ0) is 19.5. The summed E-state index contributed by atoms with van der Waals surface area (Å²) in [5.74, 6) is 0.00330. The number of amides is 2. The van der Waals surface area contributed by atoms with Gasteiger partial charge in [-0.2, -0.15) is 0 Å². The fourth-order valence-corrected chi connectivity index (χ4v) is 2.70. The van der Waals surface area contributed by atoms with Gasteiger partial charge in [0.1, 0.15) is 0 Å². The molecule has 2 N–H and O–H groups in total. The van der Waals surface area contributed by atoms with Gasteiger partial charge in [0.25, 0.3) is 5.91 Å². The van der Waals surface area contributed by atoms with Crippen molar-refractivity contribution in [2.45, 2.75) is 39.8 Å². The minimum absolute atomic E-state index is 0.0190. The highest BCUT2D eigenvalue weighted by molar-refractivity contribution is 5.91. The van der Waals surface area contributed by atoms with E-state index < -0.39 is 0 Å². The van der Waals surface area contributed by atoms with Gasteiger partial charge in [-0.25, -0.2) is 0 Å². The lowest BCUT2D eigenvalue weighted by molar-refractivity contribution is -0.121. The van der Waals surface area contributed by atoms with Crippen molar-refractivity contribution in [1.82, 2.24) is 15.5 Å². The van der Waals surface area contributed by atoms with E-state index in [0.29, 0.717) is 25.9 Å². The molecule has 0 unspecified atom stereocenters. The first-order chi connectivity index (χ1) is 13.1. The molecule has 0 fully saturated rings. The molecule has 6 heteroatoms. The normalized spacial score (nSPS) is 10.8. The van der Waals surface area contributed by atoms with Gasteiger partial charge in [-0.1, -0.05) is 38.1 Å². The topological polar surface area (TPSA) is 74.6 Å². The smallest absolute Gasteiger partial charge is 0.286 e. The van der Waals surface area contributed by atoms with E-state index in [1.165, 1.54) is 11.8 Å². The van der Waals surface area contributed by atoms with Crippen molar-refractivity contribution in [2.24, 2.45) is 0 Å². The summed E-state index contributed by atoms with van der Waals surface area (Å²) in [6.07, 6.45) is 2.41. The number of nitrogens with zero attached hydrogens (tertiary/aromatic N) is 1. The maximum atomic E-state index is 11.9. The molecule has 2 rings (SSSR count). The summed E-state index contributed by atoms with van der Waals surface area (Å²) in [4.78, 5) is 26.0. The van der Waals surface area contributed by atoms with Gasteiger partial charge in [-0.3, -0.25) is 14.5 Å². The minimum Gasteiger partial charge on any atom is -0.459 e. The van der Waals surface area contributed by atoms with Gasteiger partial charge in [-0.15, -0.1) is 0 Å². The molecule has 0 aliphatic heterocycles. The van der Waals surface area contributed by atoms with E-state index in [0.717, 1.165) is 25.2 Å². The highest BCUT2D eigenvalue weighted by Gasteiger charge is 2.08. The summed E-state index contributed by atoms with van der Waals surface area (Å²) in [6.45, 7) is 8.30. The summed E-state index contributed by atoms with van der Waals surface area (Å²) in [5, 5.41) is 5.65. The first-order valence-electron chi connectivity index (χ1n) is 9.51. The second-order valence-corrected chi connectivity index (χ2v) is 6.39. The molecule has 0 saturated carbocycles. The Balaban J connectivity index is 1.63. The van der Waals surface area contributed by atoms with E-state index in [-0.39, 0.29) is 17.6 Å². The van der Waals surface area contributed by atoms with Crippen LogP contribution in [0.1, 0.15) is 48.4 Å². The molecular formula is C21H29N3O3. The predicted octanol–water partition coefficient (Wildman–Crippen LogP) is 2.95. The predicted molar refractivity (Wildman–Crippen MR) is 105 cm³/mol. The molecule has 0 radical (unpaired) electrons. The summed E-state index contributed by atoms with van der Waals surface area (Å²) < 4.78 is 5.01. The van der Waals surface area contributed by atoms with Crippen LogP contribution in [0.3, 0.4) is 0 Å². The Morgan fingerprint density at radius 1 is 1.00 bits per heavy atom. The Kier molecular flexibility index (Phi) is 8.58. The second kappa shape index (κ2) is 11.2. The van der Waals surface area contributed by atoms with Gasteiger partial charge in [0.15, 0.2) is 5.76 Å². The van der Waals surface area contributed by atoms with E-state index in [9.17, 15) is 9.59 Å². The Morgan fingerprint density at radius 3 is 2.33 bits per heavy atom. The van der Waals surface area contributed by atoms with Crippen LogP contribution in [0.5, 0.6) is 0 Å². The fraction of sp³-hybridized carbons (Fsp3) is 0.429. The van der Waals surface area contributed by atoms with E-state index in [2.05, 4.69) is 53.6 Å². The molecule has 27 heavy (non-hydrogen) atoms. The molecule has 2 aromatic rings. The van der Waals surface area contributed by atoms with Crippen LogP contribution >= 0.6 is 0 Å². The molecule has 1 heterocycles. The largest absolute Gasteiger partial charge is 0.459 e. The molecule has 0 spiro atoms. The van der Waals surface area contributed by atoms with Crippen LogP contribution in [-0.2, 0) is 17.9 Å². The Labute approximate surface area is 160 Å². The zero-order valence-corrected chi connectivity index (χ0v) is 16.2. The molecule has 1 aromatic carbocycles. The maximum Gasteiger partial charge on any atom is 0.286 e. The van der Waals surface area contributed by atoms with Crippen molar-refractivity contribution in [3.8, 4) is 0 Å². The van der Waals surface area contributed by atoms with Gasteiger partial charge >= 0.3 is 0 Å². The lowest BCUT2D eigenvalue weighted by Gasteiger charge is -2.18. The first kappa shape index (κ1) is 20.7. The highest BCUT2D eigenvalue weighted by atomic mass is 16.3.